The first-order valence-electron chi connectivity index (χ1n) is 32.5. The molecule has 1 atom stereocenters. The summed E-state index contributed by atoms with van der Waals surface area (Å²) in [6, 6.07) is 0. The Balaban J connectivity index is 4.34. The van der Waals surface area contributed by atoms with Crippen LogP contribution in [0.15, 0.2) is 36.5 Å². The van der Waals surface area contributed by atoms with Gasteiger partial charge in [0.2, 0.25) is 0 Å². The molecule has 0 bridgehead atoms. The summed E-state index contributed by atoms with van der Waals surface area (Å²) in [7, 11) is 0. The molecule has 0 aliphatic rings. The molecule has 0 aliphatic carbocycles. The number of rotatable bonds is 60. The van der Waals surface area contributed by atoms with Crippen molar-refractivity contribution in [2.75, 3.05) is 13.2 Å². The molecule has 0 amide bonds. The van der Waals surface area contributed by atoms with Crippen molar-refractivity contribution in [2.24, 2.45) is 0 Å². The summed E-state index contributed by atoms with van der Waals surface area (Å²) in [6.45, 7) is 6.67. The molecule has 0 N–H and O–H groups in total. The minimum atomic E-state index is -0.774. The van der Waals surface area contributed by atoms with Crippen molar-refractivity contribution >= 4 is 17.9 Å². The molecule has 0 spiro atoms. The van der Waals surface area contributed by atoms with Gasteiger partial charge in [-0.3, -0.25) is 14.4 Å². The van der Waals surface area contributed by atoms with Crippen LogP contribution in [0.4, 0.5) is 0 Å². The lowest BCUT2D eigenvalue weighted by molar-refractivity contribution is -0.167. The molecule has 1 unspecified atom stereocenters. The maximum atomic E-state index is 12.9. The topological polar surface area (TPSA) is 78.9 Å². The molecule has 73 heavy (non-hydrogen) atoms. The summed E-state index contributed by atoms with van der Waals surface area (Å²) in [5, 5.41) is 0. The summed E-state index contributed by atoms with van der Waals surface area (Å²) in [5.41, 5.74) is 0. The van der Waals surface area contributed by atoms with Crippen molar-refractivity contribution < 1.29 is 28.6 Å². The molecule has 0 radical (unpaired) electrons. The summed E-state index contributed by atoms with van der Waals surface area (Å²) in [4.78, 5) is 38.3. The predicted molar refractivity (Wildman–Crippen MR) is 316 cm³/mol. The highest BCUT2D eigenvalue weighted by Gasteiger charge is 2.19. The highest BCUT2D eigenvalue weighted by atomic mass is 16.6. The molecule has 6 heteroatoms. The molecule has 0 fully saturated rings. The molecule has 0 saturated heterocycles. The number of carbonyl (C=O) groups is 3. The van der Waals surface area contributed by atoms with Gasteiger partial charge in [-0.2, -0.15) is 0 Å². The van der Waals surface area contributed by atoms with E-state index in [1.54, 1.807) is 0 Å². The van der Waals surface area contributed by atoms with Gasteiger partial charge in [0.15, 0.2) is 6.10 Å². The van der Waals surface area contributed by atoms with Gasteiger partial charge in [0.25, 0.3) is 0 Å². The summed E-state index contributed by atoms with van der Waals surface area (Å²) in [5.74, 6) is -0.853. The first-order valence-corrected chi connectivity index (χ1v) is 32.5. The van der Waals surface area contributed by atoms with Gasteiger partial charge in [-0.05, 0) is 70.6 Å². The van der Waals surface area contributed by atoms with Crippen molar-refractivity contribution in [1.82, 2.24) is 0 Å². The number of carbonyl (C=O) groups excluding carboxylic acids is 3. The van der Waals surface area contributed by atoms with Gasteiger partial charge >= 0.3 is 17.9 Å². The van der Waals surface area contributed by atoms with E-state index in [-0.39, 0.29) is 31.1 Å². The fraction of sp³-hybridized carbons (Fsp3) is 0.866. The molecular weight excluding hydrogens is 901 g/mol. The number of hydrogen-bond donors (Lipinski definition) is 0. The second-order valence-electron chi connectivity index (χ2n) is 22.1. The fourth-order valence-corrected chi connectivity index (χ4v) is 9.73. The zero-order chi connectivity index (χ0) is 52.9. The standard InChI is InChI=1S/C67H124O6/c1-4-7-10-13-16-19-22-25-28-31-33-36-39-42-45-48-51-54-57-60-66(69)72-63-64(62-71-65(68)59-56-53-50-47-44-41-38-35-30-27-24-21-18-15-12-9-6-3)73-67(70)61-58-55-52-49-46-43-40-37-34-32-29-26-23-20-17-14-11-8-5-2/h16,19,22,25,32,34,64H,4-15,17-18,20-21,23-24,26-31,33,35-63H2,1-3H3/b19-16-,25-22-,34-32-. The number of ether oxygens (including phenoxy) is 3. The smallest absolute Gasteiger partial charge is 0.306 e. The van der Waals surface area contributed by atoms with E-state index >= 15 is 0 Å². The third kappa shape index (κ3) is 60.4. The Morgan fingerprint density at radius 1 is 0.274 bits per heavy atom. The third-order valence-electron chi connectivity index (χ3n) is 14.6. The Kier molecular flexibility index (Phi) is 60.2. The maximum Gasteiger partial charge on any atom is 0.306 e. The predicted octanol–water partition coefficient (Wildman–Crippen LogP) is 22.0. The van der Waals surface area contributed by atoms with Crippen LogP contribution in [0.25, 0.3) is 0 Å². The lowest BCUT2D eigenvalue weighted by Crippen LogP contribution is -2.30. The highest BCUT2D eigenvalue weighted by Crippen LogP contribution is 2.17. The van der Waals surface area contributed by atoms with Crippen LogP contribution >= 0.6 is 0 Å². The monoisotopic (exact) mass is 1020 g/mol. The van der Waals surface area contributed by atoms with Crippen molar-refractivity contribution in [3.05, 3.63) is 36.5 Å². The SMILES string of the molecule is CCCCC/C=C\C=C/CCCCCCCCCCCCC(=O)OCC(COC(=O)CCCCCCCCCCCCCCCCCCC)OC(=O)CCCCCCCCC/C=C\CCCCCCCCCC. The largest absolute Gasteiger partial charge is 0.462 e. The molecule has 428 valence electrons. The first-order chi connectivity index (χ1) is 36.0. The molecule has 0 aromatic heterocycles. The quantitative estimate of drug-likeness (QED) is 0.0199. The van der Waals surface area contributed by atoms with Gasteiger partial charge in [0.05, 0.1) is 0 Å². The molecule has 0 saturated carbocycles. The Hall–Kier alpha value is -2.37. The summed E-state index contributed by atoms with van der Waals surface area (Å²) < 4.78 is 17.0. The molecule has 6 nitrogen and oxygen atoms in total. The van der Waals surface area contributed by atoms with Crippen molar-refractivity contribution in [1.29, 1.82) is 0 Å². The lowest BCUT2D eigenvalue weighted by Gasteiger charge is -2.18. The zero-order valence-corrected chi connectivity index (χ0v) is 49.2. The van der Waals surface area contributed by atoms with Crippen LogP contribution in [0, 0.1) is 0 Å². The van der Waals surface area contributed by atoms with Gasteiger partial charge in [-0.1, -0.05) is 301 Å². The average Bonchev–Trinajstić information content (AvgIpc) is 3.39. The maximum absolute atomic E-state index is 12.9. The zero-order valence-electron chi connectivity index (χ0n) is 49.2. The van der Waals surface area contributed by atoms with Crippen LogP contribution in [-0.4, -0.2) is 37.2 Å². The second-order valence-corrected chi connectivity index (χ2v) is 22.1. The Labute approximate surface area is 455 Å². The number of esters is 3. The molecule has 0 aromatic rings. The fourth-order valence-electron chi connectivity index (χ4n) is 9.73. The first kappa shape index (κ1) is 70.6. The number of unbranched alkanes of at least 4 members (excludes halogenated alkanes) is 44. The van der Waals surface area contributed by atoms with Gasteiger partial charge in [-0.15, -0.1) is 0 Å². The van der Waals surface area contributed by atoms with E-state index in [9.17, 15) is 14.4 Å². The van der Waals surface area contributed by atoms with Gasteiger partial charge < -0.3 is 14.2 Å². The van der Waals surface area contributed by atoms with E-state index in [0.717, 1.165) is 57.8 Å². The molecular formula is C67H124O6. The van der Waals surface area contributed by atoms with Crippen LogP contribution in [0.1, 0.15) is 355 Å². The minimum Gasteiger partial charge on any atom is -0.462 e. The van der Waals surface area contributed by atoms with Crippen LogP contribution in [0.2, 0.25) is 0 Å². The van der Waals surface area contributed by atoms with Crippen molar-refractivity contribution in [3.8, 4) is 0 Å². The van der Waals surface area contributed by atoms with Gasteiger partial charge in [-0.25, -0.2) is 0 Å². The molecule has 0 aromatic carbocycles. The van der Waals surface area contributed by atoms with Crippen molar-refractivity contribution in [2.45, 2.75) is 361 Å². The van der Waals surface area contributed by atoms with Crippen LogP contribution < -0.4 is 0 Å². The van der Waals surface area contributed by atoms with Gasteiger partial charge in [0, 0.05) is 19.3 Å². The number of hydrogen-bond acceptors (Lipinski definition) is 6. The average molecular weight is 1030 g/mol. The highest BCUT2D eigenvalue weighted by molar-refractivity contribution is 5.71. The van der Waals surface area contributed by atoms with Crippen LogP contribution in [0.3, 0.4) is 0 Å². The Morgan fingerprint density at radius 2 is 0.493 bits per heavy atom. The van der Waals surface area contributed by atoms with E-state index in [0.29, 0.717) is 19.3 Å². The van der Waals surface area contributed by atoms with E-state index in [4.69, 9.17) is 14.2 Å². The van der Waals surface area contributed by atoms with Gasteiger partial charge in [0.1, 0.15) is 13.2 Å². The second kappa shape index (κ2) is 62.2. The third-order valence-corrected chi connectivity index (χ3v) is 14.6. The van der Waals surface area contributed by atoms with Crippen molar-refractivity contribution in [3.63, 3.8) is 0 Å². The van der Waals surface area contributed by atoms with E-state index in [1.807, 2.05) is 0 Å². The number of allylic oxidation sites excluding steroid dienone is 6. The van der Waals surface area contributed by atoms with E-state index in [1.165, 1.54) is 257 Å². The Bertz CT molecular complexity index is 1220. The normalized spacial score (nSPS) is 12.2. The van der Waals surface area contributed by atoms with Crippen LogP contribution in [0.5, 0.6) is 0 Å². The molecule has 0 rings (SSSR count). The lowest BCUT2D eigenvalue weighted by atomic mass is 10.0. The summed E-state index contributed by atoms with van der Waals surface area (Å²) >= 11 is 0. The summed E-state index contributed by atoms with van der Waals surface area (Å²) in [6.07, 6.45) is 75.7. The van der Waals surface area contributed by atoms with E-state index < -0.39 is 6.10 Å². The minimum absolute atomic E-state index is 0.0703. The van der Waals surface area contributed by atoms with E-state index in [2.05, 4.69) is 57.2 Å². The molecule has 0 aliphatic heterocycles. The van der Waals surface area contributed by atoms with Crippen LogP contribution in [-0.2, 0) is 28.6 Å². The molecule has 0 heterocycles. The Morgan fingerprint density at radius 3 is 0.795 bits per heavy atom.